The predicted molar refractivity (Wildman–Crippen MR) is 90.5 cm³/mol. The molecule has 0 aliphatic carbocycles. The maximum Gasteiger partial charge on any atom is 0.306 e. The Morgan fingerprint density at radius 1 is 1.19 bits per heavy atom. The predicted octanol–water partition coefficient (Wildman–Crippen LogP) is 3.50. The molecule has 0 aliphatic heterocycles. The van der Waals surface area contributed by atoms with Crippen LogP contribution in [0.3, 0.4) is 0 Å². The van der Waals surface area contributed by atoms with E-state index < -0.39 is 26.5 Å². The molecule has 0 spiro atoms. The monoisotopic (exact) mass is 377 g/mol. The van der Waals surface area contributed by atoms with E-state index in [9.17, 15) is 22.9 Å². The number of sulfonamides is 1. The third-order valence-corrected chi connectivity index (χ3v) is 4.87. The van der Waals surface area contributed by atoms with Gasteiger partial charge in [-0.3, -0.25) is 14.8 Å². The molecule has 0 unspecified atom stereocenters. The van der Waals surface area contributed by atoms with Crippen LogP contribution in [0, 0.1) is 22.9 Å². The normalized spacial score (nSPS) is 11.3. The smallest absolute Gasteiger partial charge is 0.306 e. The zero-order chi connectivity index (χ0) is 18.9. The van der Waals surface area contributed by atoms with E-state index >= 15 is 0 Å². The molecule has 3 rings (SSSR count). The first kappa shape index (κ1) is 17.5. The average molecular weight is 377 g/mol. The number of hydrogen-bond acceptors (Lipinski definition) is 6. The van der Waals surface area contributed by atoms with Crippen LogP contribution < -0.4 is 4.72 Å². The van der Waals surface area contributed by atoms with Gasteiger partial charge in [0.05, 0.1) is 15.5 Å². The number of benzene rings is 2. The highest BCUT2D eigenvalue weighted by Gasteiger charge is 2.19. The van der Waals surface area contributed by atoms with Gasteiger partial charge in [-0.25, -0.2) is 13.4 Å². The fourth-order valence-corrected chi connectivity index (χ4v) is 3.28. The molecule has 1 N–H and O–H groups in total. The van der Waals surface area contributed by atoms with Gasteiger partial charge in [-0.2, -0.15) is 4.39 Å². The van der Waals surface area contributed by atoms with Crippen molar-refractivity contribution in [2.75, 3.05) is 4.72 Å². The van der Waals surface area contributed by atoms with E-state index in [1.54, 1.807) is 19.1 Å². The summed E-state index contributed by atoms with van der Waals surface area (Å²) in [5, 5.41) is 10.8. The Morgan fingerprint density at radius 2 is 1.88 bits per heavy atom. The summed E-state index contributed by atoms with van der Waals surface area (Å²) in [5.41, 5.74) is 0.294. The van der Waals surface area contributed by atoms with Crippen molar-refractivity contribution < 1.29 is 22.1 Å². The molecule has 0 atom stereocenters. The number of anilines is 1. The lowest BCUT2D eigenvalue weighted by Crippen LogP contribution is -2.13. The first-order valence-electron chi connectivity index (χ1n) is 7.25. The van der Waals surface area contributed by atoms with Gasteiger partial charge in [0, 0.05) is 18.6 Å². The van der Waals surface area contributed by atoms with Crippen LogP contribution >= 0.6 is 0 Å². The molecule has 134 valence electrons. The Labute approximate surface area is 147 Å². The molecular formula is C16H12FN3O5S. The third-order valence-electron chi connectivity index (χ3n) is 3.47. The Balaban J connectivity index is 1.86. The van der Waals surface area contributed by atoms with Gasteiger partial charge in [0.1, 0.15) is 12.0 Å². The van der Waals surface area contributed by atoms with Crippen molar-refractivity contribution >= 4 is 21.4 Å². The summed E-state index contributed by atoms with van der Waals surface area (Å²) in [4.78, 5) is 13.9. The Bertz CT molecular complexity index is 1080. The van der Waals surface area contributed by atoms with Gasteiger partial charge in [-0.1, -0.05) is 12.1 Å². The second kappa shape index (κ2) is 6.56. The van der Waals surface area contributed by atoms with Gasteiger partial charge in [0.25, 0.3) is 10.0 Å². The molecule has 1 heterocycles. The van der Waals surface area contributed by atoms with Crippen molar-refractivity contribution in [1.29, 1.82) is 0 Å². The molecule has 2 aromatic carbocycles. The SMILES string of the molecule is Cc1nc(-c2ccc(S(=O)(=O)Nc3ccc(F)c([N+](=O)[O-])c3)cc2)co1. The van der Waals surface area contributed by atoms with Crippen LogP contribution in [-0.4, -0.2) is 18.3 Å². The third kappa shape index (κ3) is 3.54. The van der Waals surface area contributed by atoms with Crippen LogP contribution in [0.4, 0.5) is 15.8 Å². The summed E-state index contributed by atoms with van der Waals surface area (Å²) in [7, 11) is -4.00. The molecule has 0 amide bonds. The van der Waals surface area contributed by atoms with Crippen molar-refractivity contribution in [1.82, 2.24) is 4.98 Å². The molecule has 26 heavy (non-hydrogen) atoms. The lowest BCUT2D eigenvalue weighted by molar-refractivity contribution is -0.387. The molecule has 0 radical (unpaired) electrons. The molecule has 0 saturated carbocycles. The molecule has 8 nitrogen and oxygen atoms in total. The molecule has 0 saturated heterocycles. The second-order valence-corrected chi connectivity index (χ2v) is 6.99. The van der Waals surface area contributed by atoms with E-state index in [2.05, 4.69) is 9.71 Å². The van der Waals surface area contributed by atoms with Crippen molar-refractivity contribution in [3.8, 4) is 11.3 Å². The highest BCUT2D eigenvalue weighted by molar-refractivity contribution is 7.92. The van der Waals surface area contributed by atoms with E-state index in [0.29, 0.717) is 17.1 Å². The number of halogens is 1. The largest absolute Gasteiger partial charge is 0.449 e. The van der Waals surface area contributed by atoms with E-state index in [1.807, 2.05) is 0 Å². The number of nitro benzene ring substituents is 1. The van der Waals surface area contributed by atoms with Gasteiger partial charge < -0.3 is 4.42 Å². The fourth-order valence-electron chi connectivity index (χ4n) is 2.23. The highest BCUT2D eigenvalue weighted by atomic mass is 32.2. The molecular weight excluding hydrogens is 365 g/mol. The lowest BCUT2D eigenvalue weighted by atomic mass is 10.2. The first-order chi connectivity index (χ1) is 12.3. The number of hydrogen-bond donors (Lipinski definition) is 1. The number of aromatic nitrogens is 1. The zero-order valence-electron chi connectivity index (χ0n) is 13.3. The molecule has 10 heteroatoms. The minimum Gasteiger partial charge on any atom is -0.449 e. The van der Waals surface area contributed by atoms with Gasteiger partial charge >= 0.3 is 5.69 Å². The number of oxazole rings is 1. The number of nitro groups is 1. The minimum absolute atomic E-state index is 0.0616. The number of aryl methyl sites for hydroxylation is 1. The summed E-state index contributed by atoms with van der Waals surface area (Å²) in [6.07, 6.45) is 1.45. The van der Waals surface area contributed by atoms with Crippen LogP contribution in [-0.2, 0) is 10.0 Å². The molecule has 3 aromatic rings. The Hall–Kier alpha value is -3.27. The average Bonchev–Trinajstić information content (AvgIpc) is 3.03. The second-order valence-electron chi connectivity index (χ2n) is 5.30. The maximum atomic E-state index is 13.4. The highest BCUT2D eigenvalue weighted by Crippen LogP contribution is 2.25. The van der Waals surface area contributed by atoms with Crippen LogP contribution in [0.25, 0.3) is 11.3 Å². The van der Waals surface area contributed by atoms with Crippen molar-refractivity contribution in [3.05, 3.63) is 70.5 Å². The quantitative estimate of drug-likeness (QED) is 0.537. The summed E-state index contributed by atoms with van der Waals surface area (Å²) in [6, 6.07) is 8.58. The number of nitrogens with zero attached hydrogens (tertiary/aromatic N) is 2. The van der Waals surface area contributed by atoms with E-state index in [1.165, 1.54) is 18.4 Å². The van der Waals surface area contributed by atoms with Crippen LogP contribution in [0.2, 0.25) is 0 Å². The number of rotatable bonds is 5. The van der Waals surface area contributed by atoms with E-state index in [-0.39, 0.29) is 10.6 Å². The summed E-state index contributed by atoms with van der Waals surface area (Å²) in [6.45, 7) is 1.69. The summed E-state index contributed by atoms with van der Waals surface area (Å²) < 4.78 is 45.5. The standard InChI is InChI=1S/C16H12FN3O5S/c1-10-18-15(9-25-10)11-2-5-13(6-3-11)26(23,24)19-12-4-7-14(17)16(8-12)20(21)22/h2-9,19H,1H3. The van der Waals surface area contributed by atoms with Crippen molar-refractivity contribution in [2.45, 2.75) is 11.8 Å². The van der Waals surface area contributed by atoms with E-state index in [0.717, 1.165) is 18.2 Å². The summed E-state index contributed by atoms with van der Waals surface area (Å²) in [5.74, 6) is -0.568. The van der Waals surface area contributed by atoms with Crippen LogP contribution in [0.15, 0.2) is 58.0 Å². The molecule has 0 fully saturated rings. The number of nitrogens with one attached hydrogen (secondary N) is 1. The molecule has 0 bridgehead atoms. The Morgan fingerprint density at radius 3 is 2.46 bits per heavy atom. The van der Waals surface area contributed by atoms with Crippen LogP contribution in [0.1, 0.15) is 5.89 Å². The minimum atomic E-state index is -4.00. The molecule has 1 aromatic heterocycles. The van der Waals surface area contributed by atoms with Gasteiger partial charge in [-0.05, 0) is 24.3 Å². The van der Waals surface area contributed by atoms with Crippen LogP contribution in [0.5, 0.6) is 0 Å². The Kier molecular flexibility index (Phi) is 4.43. The van der Waals surface area contributed by atoms with E-state index in [4.69, 9.17) is 4.42 Å². The zero-order valence-corrected chi connectivity index (χ0v) is 14.2. The maximum absolute atomic E-state index is 13.4. The summed E-state index contributed by atoms with van der Waals surface area (Å²) >= 11 is 0. The van der Waals surface area contributed by atoms with Gasteiger partial charge in [0.2, 0.25) is 5.82 Å². The van der Waals surface area contributed by atoms with Crippen molar-refractivity contribution in [2.24, 2.45) is 0 Å². The topological polar surface area (TPSA) is 115 Å². The van der Waals surface area contributed by atoms with Crippen molar-refractivity contribution in [3.63, 3.8) is 0 Å². The first-order valence-corrected chi connectivity index (χ1v) is 8.74. The fraction of sp³-hybridized carbons (Fsp3) is 0.0625. The lowest BCUT2D eigenvalue weighted by Gasteiger charge is -2.08. The molecule has 0 aliphatic rings. The van der Waals surface area contributed by atoms with Gasteiger partial charge in [0.15, 0.2) is 5.89 Å². The van der Waals surface area contributed by atoms with Gasteiger partial charge in [-0.15, -0.1) is 0 Å².